The van der Waals surface area contributed by atoms with Crippen molar-refractivity contribution in [2.75, 3.05) is 13.1 Å². The highest BCUT2D eigenvalue weighted by Gasteiger charge is 2.34. The number of piperidine rings is 1. The number of carbonyl (C=O) groups excluding carboxylic acids is 1. The average Bonchev–Trinajstić information content (AvgIpc) is 2.69. The van der Waals surface area contributed by atoms with Crippen LogP contribution in [0.15, 0.2) is 42.8 Å². The largest absolute Gasteiger partial charge is 0.451 e. The molecule has 0 atom stereocenters. The van der Waals surface area contributed by atoms with Gasteiger partial charge in [-0.1, -0.05) is 6.07 Å². The van der Waals surface area contributed by atoms with Gasteiger partial charge in [-0.05, 0) is 24.8 Å². The topological polar surface area (TPSA) is 68.2 Å². The number of nitrogens with zero attached hydrogens (tertiary/aromatic N) is 4. The fourth-order valence-electron chi connectivity index (χ4n) is 2.97. The number of hydrogen-bond donors (Lipinski definition) is 0. The van der Waals surface area contributed by atoms with Crippen LogP contribution in [0.5, 0.6) is 11.6 Å². The number of pyridine rings is 1. The summed E-state index contributed by atoms with van der Waals surface area (Å²) in [5.41, 5.74) is 0.793. The van der Waals surface area contributed by atoms with Crippen molar-refractivity contribution in [2.45, 2.75) is 24.9 Å². The zero-order valence-corrected chi connectivity index (χ0v) is 14.6. The van der Waals surface area contributed by atoms with E-state index in [1.54, 1.807) is 11.0 Å². The molecule has 0 unspecified atom stereocenters. The number of rotatable bonds is 5. The first-order chi connectivity index (χ1) is 13.4. The van der Waals surface area contributed by atoms with Crippen molar-refractivity contribution in [2.24, 2.45) is 0 Å². The number of aldehydes is 1. The van der Waals surface area contributed by atoms with E-state index in [-0.39, 0.29) is 23.8 Å². The van der Waals surface area contributed by atoms with Crippen LogP contribution >= 0.6 is 0 Å². The Labute approximate surface area is 157 Å². The Morgan fingerprint density at radius 3 is 2.46 bits per heavy atom. The molecule has 0 aromatic carbocycles. The maximum atomic E-state index is 13.1. The van der Waals surface area contributed by atoms with Crippen LogP contribution < -0.4 is 4.74 Å². The van der Waals surface area contributed by atoms with Crippen LogP contribution in [-0.2, 0) is 11.0 Å². The van der Waals surface area contributed by atoms with Crippen LogP contribution in [0, 0.1) is 0 Å². The van der Waals surface area contributed by atoms with E-state index in [2.05, 4.69) is 15.0 Å². The van der Waals surface area contributed by atoms with E-state index in [4.69, 9.17) is 4.74 Å². The average molecular weight is 396 g/mol. The molecule has 1 fully saturated rings. The molecule has 1 aliphatic rings. The second-order valence-electron chi connectivity index (χ2n) is 6.18. The molecule has 0 N–H and O–H groups in total. The summed E-state index contributed by atoms with van der Waals surface area (Å²) in [6.45, 7) is 1.09. The molecule has 0 spiro atoms. The van der Waals surface area contributed by atoms with Crippen LogP contribution in [0.4, 0.5) is 17.6 Å². The number of allylic oxidation sites excluding steroid dienone is 1. The summed E-state index contributed by atoms with van der Waals surface area (Å²) in [5, 5.41) is 0. The van der Waals surface area contributed by atoms with E-state index in [1.165, 1.54) is 12.4 Å². The number of halogens is 4. The van der Waals surface area contributed by atoms with E-state index in [0.717, 1.165) is 18.0 Å². The Morgan fingerprint density at radius 1 is 1.18 bits per heavy atom. The normalized spacial score (nSPS) is 16.1. The van der Waals surface area contributed by atoms with Crippen LogP contribution in [0.2, 0.25) is 0 Å². The minimum atomic E-state index is -4.62. The highest BCUT2D eigenvalue weighted by molar-refractivity contribution is 5.69. The molecule has 0 amide bonds. The number of ether oxygens (including phenoxy) is 1. The Hall–Kier alpha value is -3.04. The first-order valence-corrected chi connectivity index (χ1v) is 8.45. The number of aromatic nitrogens is 3. The Bertz CT molecular complexity index is 847. The molecule has 6 nitrogen and oxygen atoms in total. The molecule has 148 valence electrons. The monoisotopic (exact) mass is 396 g/mol. The summed E-state index contributed by atoms with van der Waals surface area (Å²) < 4.78 is 56.4. The van der Waals surface area contributed by atoms with Gasteiger partial charge in [0.05, 0.1) is 12.4 Å². The molecular formula is C18H16F4N4O2. The van der Waals surface area contributed by atoms with Crippen molar-refractivity contribution >= 4 is 6.29 Å². The molecule has 0 aliphatic carbocycles. The van der Waals surface area contributed by atoms with Crippen molar-refractivity contribution in [1.82, 2.24) is 19.9 Å². The van der Waals surface area contributed by atoms with Crippen molar-refractivity contribution in [3.63, 3.8) is 0 Å². The summed E-state index contributed by atoms with van der Waals surface area (Å²) in [4.78, 5) is 22.8. The quantitative estimate of drug-likeness (QED) is 0.434. The lowest BCUT2D eigenvalue weighted by Gasteiger charge is -2.31. The molecule has 3 rings (SSSR count). The van der Waals surface area contributed by atoms with Gasteiger partial charge >= 0.3 is 6.18 Å². The van der Waals surface area contributed by atoms with Crippen LogP contribution in [0.1, 0.15) is 30.1 Å². The fourth-order valence-corrected chi connectivity index (χ4v) is 2.97. The molecule has 2 aromatic rings. The fraction of sp³-hybridized carbons (Fsp3) is 0.333. The first kappa shape index (κ1) is 19.7. The van der Waals surface area contributed by atoms with Crippen molar-refractivity contribution in [1.29, 1.82) is 0 Å². The van der Waals surface area contributed by atoms with Gasteiger partial charge in [-0.2, -0.15) is 13.2 Å². The van der Waals surface area contributed by atoms with Gasteiger partial charge in [0.1, 0.15) is 0 Å². The maximum absolute atomic E-state index is 13.1. The summed E-state index contributed by atoms with van der Waals surface area (Å²) in [7, 11) is 0. The predicted molar refractivity (Wildman–Crippen MR) is 90.1 cm³/mol. The number of alkyl halides is 3. The van der Waals surface area contributed by atoms with E-state index >= 15 is 0 Å². The second-order valence-corrected chi connectivity index (χ2v) is 6.18. The number of hydrogen-bond acceptors (Lipinski definition) is 6. The molecule has 1 saturated heterocycles. The zero-order chi connectivity index (χ0) is 20.1. The smallest absolute Gasteiger partial charge is 0.435 e. The van der Waals surface area contributed by atoms with Gasteiger partial charge in [0, 0.05) is 31.0 Å². The summed E-state index contributed by atoms with van der Waals surface area (Å²) in [6.07, 6.45) is 1.48. The maximum Gasteiger partial charge on any atom is 0.451 e. The molecule has 0 bridgehead atoms. The van der Waals surface area contributed by atoms with Crippen molar-refractivity contribution in [3.8, 4) is 11.6 Å². The van der Waals surface area contributed by atoms with E-state index in [0.29, 0.717) is 25.9 Å². The lowest BCUT2D eigenvalue weighted by atomic mass is 9.90. The van der Waals surface area contributed by atoms with Gasteiger partial charge in [-0.25, -0.2) is 19.3 Å². The van der Waals surface area contributed by atoms with E-state index < -0.39 is 17.8 Å². The van der Waals surface area contributed by atoms with Gasteiger partial charge in [0.2, 0.25) is 11.7 Å². The zero-order valence-electron chi connectivity index (χ0n) is 14.6. The van der Waals surface area contributed by atoms with Gasteiger partial charge < -0.3 is 9.64 Å². The van der Waals surface area contributed by atoms with Crippen molar-refractivity contribution < 1.29 is 27.1 Å². The molecule has 0 saturated carbocycles. The van der Waals surface area contributed by atoms with Crippen LogP contribution in [0.3, 0.4) is 0 Å². The summed E-state index contributed by atoms with van der Waals surface area (Å²) in [6, 6.07) is 3.57. The highest BCUT2D eigenvalue weighted by Crippen LogP contribution is 2.35. The third-order valence-corrected chi connectivity index (χ3v) is 4.28. The molecule has 1 aliphatic heterocycles. The standard InChI is InChI=1S/C18H16F4N4O2/c19-13(11-27)10-26-6-3-12(4-7-26)15-2-1-5-23-16(15)28-14-8-24-17(25-9-14)18(20,21)22/h1-2,5,8-12H,3-4,6-7H2. The van der Waals surface area contributed by atoms with E-state index in [1.807, 2.05) is 6.07 Å². The van der Waals surface area contributed by atoms with Gasteiger partial charge in [0.15, 0.2) is 17.9 Å². The Morgan fingerprint density at radius 2 is 1.86 bits per heavy atom. The third-order valence-electron chi connectivity index (χ3n) is 4.28. The number of carbonyl (C=O) groups is 1. The second kappa shape index (κ2) is 8.32. The highest BCUT2D eigenvalue weighted by atomic mass is 19.4. The minimum absolute atomic E-state index is 0.0429. The van der Waals surface area contributed by atoms with Gasteiger partial charge in [-0.3, -0.25) is 4.79 Å². The number of likely N-dealkylation sites (tertiary alicyclic amines) is 1. The lowest BCUT2D eigenvalue weighted by Crippen LogP contribution is -2.29. The van der Waals surface area contributed by atoms with Gasteiger partial charge in [-0.15, -0.1) is 0 Å². The molecule has 3 heterocycles. The predicted octanol–water partition coefficient (Wildman–Crippen LogP) is 3.87. The van der Waals surface area contributed by atoms with Gasteiger partial charge in [0.25, 0.3) is 0 Å². The van der Waals surface area contributed by atoms with Crippen LogP contribution in [0.25, 0.3) is 0 Å². The van der Waals surface area contributed by atoms with Crippen molar-refractivity contribution in [3.05, 3.63) is 54.1 Å². The summed E-state index contributed by atoms with van der Waals surface area (Å²) in [5.74, 6) is -1.70. The minimum Gasteiger partial charge on any atom is -0.435 e. The first-order valence-electron chi connectivity index (χ1n) is 8.45. The van der Waals surface area contributed by atoms with E-state index in [9.17, 15) is 22.4 Å². The third kappa shape index (κ3) is 4.81. The molecule has 28 heavy (non-hydrogen) atoms. The molecular weight excluding hydrogens is 380 g/mol. The molecule has 10 heteroatoms. The molecule has 2 aromatic heterocycles. The Kier molecular flexibility index (Phi) is 5.86. The Balaban J connectivity index is 1.71. The van der Waals surface area contributed by atoms with Crippen LogP contribution in [-0.4, -0.2) is 39.2 Å². The molecule has 0 radical (unpaired) electrons. The summed E-state index contributed by atoms with van der Waals surface area (Å²) >= 11 is 0. The lowest BCUT2D eigenvalue weighted by molar-refractivity contribution is -0.145. The SMILES string of the molecule is O=CC(F)=CN1CCC(c2cccnc2Oc2cnc(C(F)(F)F)nc2)CC1.